The van der Waals surface area contributed by atoms with Gasteiger partial charge in [0, 0.05) is 22.5 Å². The van der Waals surface area contributed by atoms with Crippen LogP contribution in [0.5, 0.6) is 11.5 Å². The van der Waals surface area contributed by atoms with E-state index in [1.807, 2.05) is 12.1 Å². The average molecular weight is 473 g/mol. The number of carbonyl (C=O) groups excluding carboxylic acids is 1. The molecule has 0 saturated carbocycles. The zero-order chi connectivity index (χ0) is 19.4. The van der Waals surface area contributed by atoms with E-state index >= 15 is 0 Å². The van der Waals surface area contributed by atoms with Gasteiger partial charge in [0.15, 0.2) is 0 Å². The SMILES string of the molecule is O=C(NO)C1CSCCN1S(=O)(=O)c1ccc(Oc2ccc(Br)cc2)cc1. The summed E-state index contributed by atoms with van der Waals surface area (Å²) >= 11 is 4.81. The van der Waals surface area contributed by atoms with Crippen LogP contribution in [-0.4, -0.2) is 47.9 Å². The lowest BCUT2D eigenvalue weighted by molar-refractivity contribution is -0.132. The van der Waals surface area contributed by atoms with Crippen LogP contribution in [0.4, 0.5) is 0 Å². The van der Waals surface area contributed by atoms with Crippen LogP contribution >= 0.6 is 27.7 Å². The van der Waals surface area contributed by atoms with Crippen LogP contribution in [0.1, 0.15) is 0 Å². The molecule has 1 unspecified atom stereocenters. The summed E-state index contributed by atoms with van der Waals surface area (Å²) in [7, 11) is -3.88. The minimum atomic E-state index is -3.88. The molecule has 7 nitrogen and oxygen atoms in total. The molecule has 1 aliphatic rings. The number of amides is 1. The molecule has 27 heavy (non-hydrogen) atoms. The highest BCUT2D eigenvalue weighted by Crippen LogP contribution is 2.28. The van der Waals surface area contributed by atoms with E-state index in [2.05, 4.69) is 15.9 Å². The van der Waals surface area contributed by atoms with E-state index in [0.717, 1.165) is 8.78 Å². The van der Waals surface area contributed by atoms with E-state index in [9.17, 15) is 13.2 Å². The number of ether oxygens (including phenoxy) is 1. The first-order valence-electron chi connectivity index (χ1n) is 7.99. The molecule has 1 amide bonds. The van der Waals surface area contributed by atoms with Crippen LogP contribution in [0.3, 0.4) is 0 Å². The highest BCUT2D eigenvalue weighted by atomic mass is 79.9. The Kier molecular flexibility index (Phi) is 6.43. The third-order valence-corrected chi connectivity index (χ3v) is 7.45. The van der Waals surface area contributed by atoms with Crippen molar-refractivity contribution in [2.24, 2.45) is 0 Å². The fourth-order valence-electron chi connectivity index (χ4n) is 2.61. The van der Waals surface area contributed by atoms with Crippen LogP contribution in [0.25, 0.3) is 0 Å². The molecule has 0 spiro atoms. The molecular formula is C17H17BrN2O5S2. The predicted octanol–water partition coefficient (Wildman–Crippen LogP) is 2.85. The van der Waals surface area contributed by atoms with Gasteiger partial charge in [0.1, 0.15) is 17.5 Å². The van der Waals surface area contributed by atoms with Crippen LogP contribution in [-0.2, 0) is 14.8 Å². The van der Waals surface area contributed by atoms with Gasteiger partial charge >= 0.3 is 0 Å². The number of hydrogen-bond donors (Lipinski definition) is 2. The summed E-state index contributed by atoms with van der Waals surface area (Å²) in [4.78, 5) is 11.9. The number of carbonyl (C=O) groups is 1. The van der Waals surface area contributed by atoms with E-state index in [-0.39, 0.29) is 17.2 Å². The van der Waals surface area contributed by atoms with Gasteiger partial charge in [0.25, 0.3) is 5.91 Å². The molecule has 3 rings (SSSR count). The Bertz CT molecular complexity index is 904. The molecule has 1 atom stereocenters. The number of sulfonamides is 1. The summed E-state index contributed by atoms with van der Waals surface area (Å²) in [5.74, 6) is 1.26. The Morgan fingerprint density at radius 2 is 1.74 bits per heavy atom. The first-order valence-corrected chi connectivity index (χ1v) is 11.4. The standard InChI is InChI=1S/C17H17BrN2O5S2/c18-12-1-3-13(4-2-12)25-14-5-7-15(8-6-14)27(23,24)20-9-10-26-11-16(20)17(21)19-22/h1-8,16,22H,9-11H2,(H,19,21). The molecule has 2 aromatic rings. The van der Waals surface area contributed by atoms with Gasteiger partial charge < -0.3 is 4.74 Å². The van der Waals surface area contributed by atoms with Crippen LogP contribution in [0.2, 0.25) is 0 Å². The second-order valence-electron chi connectivity index (χ2n) is 5.71. The first-order chi connectivity index (χ1) is 12.9. The molecule has 10 heteroatoms. The van der Waals surface area contributed by atoms with E-state index in [1.165, 1.54) is 23.9 Å². The number of nitrogens with one attached hydrogen (secondary N) is 1. The molecule has 1 heterocycles. The summed E-state index contributed by atoms with van der Waals surface area (Å²) in [5, 5.41) is 8.89. The van der Waals surface area contributed by atoms with Crippen LogP contribution < -0.4 is 10.2 Å². The third-order valence-electron chi connectivity index (χ3n) is 3.97. The lowest BCUT2D eigenvalue weighted by atomic mass is 10.3. The molecule has 0 aromatic heterocycles. The van der Waals surface area contributed by atoms with Gasteiger partial charge in [-0.15, -0.1) is 0 Å². The quantitative estimate of drug-likeness (QED) is 0.512. The smallest absolute Gasteiger partial charge is 0.262 e. The Balaban J connectivity index is 1.80. The zero-order valence-electron chi connectivity index (χ0n) is 14.0. The molecule has 1 fully saturated rings. The normalized spacial score (nSPS) is 18.1. The first kappa shape index (κ1) is 20.2. The van der Waals surface area contributed by atoms with Gasteiger partial charge in [0.05, 0.1) is 4.90 Å². The lowest BCUT2D eigenvalue weighted by Gasteiger charge is -2.32. The van der Waals surface area contributed by atoms with Crippen molar-refractivity contribution in [3.63, 3.8) is 0 Å². The van der Waals surface area contributed by atoms with Crippen molar-refractivity contribution < 1.29 is 23.2 Å². The molecule has 1 saturated heterocycles. The number of halogens is 1. The fraction of sp³-hybridized carbons (Fsp3) is 0.235. The molecule has 0 radical (unpaired) electrons. The summed E-state index contributed by atoms with van der Waals surface area (Å²) in [6, 6.07) is 12.3. The summed E-state index contributed by atoms with van der Waals surface area (Å²) in [6.07, 6.45) is 0. The van der Waals surface area contributed by atoms with E-state index in [1.54, 1.807) is 29.7 Å². The highest BCUT2D eigenvalue weighted by Gasteiger charge is 2.37. The Morgan fingerprint density at radius 1 is 1.15 bits per heavy atom. The summed E-state index contributed by atoms with van der Waals surface area (Å²) < 4.78 is 33.6. The van der Waals surface area contributed by atoms with E-state index < -0.39 is 22.0 Å². The predicted molar refractivity (Wildman–Crippen MR) is 106 cm³/mol. The monoisotopic (exact) mass is 472 g/mol. The Hall–Kier alpha value is -1.59. The summed E-state index contributed by atoms with van der Waals surface area (Å²) in [6.45, 7) is 0.197. The number of nitrogens with zero attached hydrogens (tertiary/aromatic N) is 1. The molecule has 0 aliphatic carbocycles. The third kappa shape index (κ3) is 4.64. The maximum atomic E-state index is 12.9. The van der Waals surface area contributed by atoms with Gasteiger partial charge in [-0.25, -0.2) is 13.9 Å². The van der Waals surface area contributed by atoms with Crippen molar-refractivity contribution in [1.82, 2.24) is 9.79 Å². The van der Waals surface area contributed by atoms with Gasteiger partial charge in [-0.1, -0.05) is 15.9 Å². The van der Waals surface area contributed by atoms with Crippen LogP contribution in [0.15, 0.2) is 57.9 Å². The number of benzene rings is 2. The minimum Gasteiger partial charge on any atom is -0.457 e. The van der Waals surface area contributed by atoms with Gasteiger partial charge in [-0.05, 0) is 48.5 Å². The van der Waals surface area contributed by atoms with E-state index in [4.69, 9.17) is 9.94 Å². The van der Waals surface area contributed by atoms with E-state index in [0.29, 0.717) is 17.3 Å². The Morgan fingerprint density at radius 3 is 2.33 bits per heavy atom. The number of rotatable bonds is 5. The van der Waals surface area contributed by atoms with Gasteiger partial charge in [0.2, 0.25) is 10.0 Å². The number of hydrogen-bond acceptors (Lipinski definition) is 6. The fourth-order valence-corrected chi connectivity index (χ4v) is 5.72. The van der Waals surface area contributed by atoms with Crippen molar-refractivity contribution >= 4 is 43.6 Å². The molecular weight excluding hydrogens is 456 g/mol. The van der Waals surface area contributed by atoms with Crippen molar-refractivity contribution in [3.05, 3.63) is 53.0 Å². The topological polar surface area (TPSA) is 95.9 Å². The minimum absolute atomic E-state index is 0.0632. The second-order valence-corrected chi connectivity index (χ2v) is 9.67. The average Bonchev–Trinajstić information content (AvgIpc) is 2.69. The molecule has 0 bridgehead atoms. The number of thioether (sulfide) groups is 1. The van der Waals surface area contributed by atoms with Gasteiger partial charge in [-0.2, -0.15) is 16.1 Å². The van der Waals surface area contributed by atoms with Crippen molar-refractivity contribution in [2.45, 2.75) is 10.9 Å². The number of hydroxylamine groups is 1. The molecule has 144 valence electrons. The van der Waals surface area contributed by atoms with Gasteiger partial charge in [-0.3, -0.25) is 10.0 Å². The Labute approximate surface area is 169 Å². The van der Waals surface area contributed by atoms with Crippen LogP contribution in [0, 0.1) is 0 Å². The zero-order valence-corrected chi connectivity index (χ0v) is 17.3. The maximum Gasteiger partial charge on any atom is 0.262 e. The summed E-state index contributed by atoms with van der Waals surface area (Å²) in [5.41, 5.74) is 1.55. The largest absolute Gasteiger partial charge is 0.457 e. The van der Waals surface area contributed by atoms with Crippen molar-refractivity contribution in [3.8, 4) is 11.5 Å². The molecule has 2 aromatic carbocycles. The lowest BCUT2D eigenvalue weighted by Crippen LogP contribution is -2.53. The molecule has 2 N–H and O–H groups in total. The highest BCUT2D eigenvalue weighted by molar-refractivity contribution is 9.10. The van der Waals surface area contributed by atoms with Crippen molar-refractivity contribution in [2.75, 3.05) is 18.1 Å². The maximum absolute atomic E-state index is 12.9. The second kappa shape index (κ2) is 8.61. The molecule has 1 aliphatic heterocycles. The van der Waals surface area contributed by atoms with Crippen molar-refractivity contribution in [1.29, 1.82) is 0 Å².